The smallest absolute Gasteiger partial charge is 0.546 e. The first-order valence-corrected chi connectivity index (χ1v) is 5.57. The predicted octanol–water partition coefficient (Wildman–Crippen LogP) is -1.25. The van der Waals surface area contributed by atoms with Crippen LogP contribution in [0.5, 0.6) is 5.75 Å². The Morgan fingerprint density at radius 3 is 2.56 bits per heavy atom. The Bertz CT molecular complexity index is 534. The van der Waals surface area contributed by atoms with Gasteiger partial charge in [0.05, 0.1) is 5.97 Å². The van der Waals surface area contributed by atoms with Crippen molar-refractivity contribution < 1.29 is 44.2 Å². The van der Waals surface area contributed by atoms with Crippen molar-refractivity contribution in [3.8, 4) is 5.75 Å². The van der Waals surface area contributed by atoms with Gasteiger partial charge in [-0.05, 0) is 17.9 Å². The van der Waals surface area contributed by atoms with E-state index < -0.39 is 12.1 Å². The Morgan fingerprint density at radius 1 is 1.22 bits per heavy atom. The maximum Gasteiger partial charge on any atom is 1.00 e. The molecule has 0 aliphatic carbocycles. The number of carboxylic acid groups (broad SMARTS) is 1. The summed E-state index contributed by atoms with van der Waals surface area (Å²) in [6.45, 7) is 1.76. The molecule has 0 saturated carbocycles. The van der Waals surface area contributed by atoms with Gasteiger partial charge in [0.15, 0.2) is 0 Å². The minimum atomic E-state index is -1.18. The van der Waals surface area contributed by atoms with Crippen molar-refractivity contribution >= 4 is 16.7 Å². The van der Waals surface area contributed by atoms with Crippen LogP contribution in [0, 0.1) is 0 Å². The average Bonchev–Trinajstić information content (AvgIpc) is 2.35. The standard InChI is InChI=1S/C14H14O3.Na/c1-2-12(14(15)16)17-13-9-5-7-10-6-3-4-8-11(10)13;/h3-9,12H,2H2,1H3,(H,15,16);/q;+1/p-1/t12-;/m0./s1. The van der Waals surface area contributed by atoms with Crippen molar-refractivity contribution in [3.63, 3.8) is 0 Å². The Hall–Kier alpha value is -1.03. The van der Waals surface area contributed by atoms with E-state index in [9.17, 15) is 9.90 Å². The summed E-state index contributed by atoms with van der Waals surface area (Å²) in [4.78, 5) is 10.8. The van der Waals surface area contributed by atoms with Gasteiger partial charge in [0.25, 0.3) is 0 Å². The molecule has 0 saturated heterocycles. The molecule has 0 fully saturated rings. The van der Waals surface area contributed by atoms with E-state index in [1.165, 1.54) is 0 Å². The first-order valence-electron chi connectivity index (χ1n) is 5.57. The molecule has 88 valence electrons. The van der Waals surface area contributed by atoms with Crippen molar-refractivity contribution in [2.75, 3.05) is 0 Å². The van der Waals surface area contributed by atoms with E-state index in [1.54, 1.807) is 13.0 Å². The van der Waals surface area contributed by atoms with Crippen LogP contribution >= 0.6 is 0 Å². The summed E-state index contributed by atoms with van der Waals surface area (Å²) in [6.07, 6.45) is -0.522. The molecule has 2 aromatic carbocycles. The third-order valence-corrected chi connectivity index (χ3v) is 2.65. The molecular weight excluding hydrogens is 239 g/mol. The number of fused-ring (bicyclic) bond motifs is 1. The quantitative estimate of drug-likeness (QED) is 0.639. The number of benzene rings is 2. The van der Waals surface area contributed by atoms with Gasteiger partial charge in [-0.25, -0.2) is 0 Å². The van der Waals surface area contributed by atoms with Crippen molar-refractivity contribution in [2.24, 2.45) is 0 Å². The zero-order valence-corrected chi connectivity index (χ0v) is 12.6. The third-order valence-electron chi connectivity index (χ3n) is 2.65. The van der Waals surface area contributed by atoms with E-state index in [2.05, 4.69) is 0 Å². The molecule has 0 radical (unpaired) electrons. The fourth-order valence-electron chi connectivity index (χ4n) is 1.75. The number of hydrogen-bond donors (Lipinski definition) is 0. The van der Waals surface area contributed by atoms with Gasteiger partial charge in [0, 0.05) is 5.39 Å². The van der Waals surface area contributed by atoms with Crippen molar-refractivity contribution in [1.29, 1.82) is 0 Å². The molecule has 0 bridgehead atoms. The van der Waals surface area contributed by atoms with Gasteiger partial charge in [-0.15, -0.1) is 0 Å². The molecule has 0 aromatic heterocycles. The topological polar surface area (TPSA) is 49.4 Å². The second-order valence-electron chi connectivity index (χ2n) is 3.81. The molecule has 0 unspecified atom stereocenters. The van der Waals surface area contributed by atoms with Gasteiger partial charge in [0.2, 0.25) is 0 Å². The molecule has 4 heteroatoms. The van der Waals surface area contributed by atoms with Gasteiger partial charge in [-0.3, -0.25) is 0 Å². The molecular formula is C14H13NaO3. The molecule has 2 aromatic rings. The van der Waals surface area contributed by atoms with Crippen LogP contribution in [0.25, 0.3) is 10.8 Å². The zero-order chi connectivity index (χ0) is 12.3. The number of carboxylic acids is 1. The van der Waals surface area contributed by atoms with Crippen molar-refractivity contribution in [1.82, 2.24) is 0 Å². The molecule has 2 rings (SSSR count). The number of carbonyl (C=O) groups excluding carboxylic acids is 1. The maximum atomic E-state index is 10.8. The number of ether oxygens (including phenoxy) is 1. The average molecular weight is 252 g/mol. The molecule has 18 heavy (non-hydrogen) atoms. The van der Waals surface area contributed by atoms with E-state index >= 15 is 0 Å². The van der Waals surface area contributed by atoms with E-state index in [0.29, 0.717) is 12.2 Å². The number of carbonyl (C=O) groups is 1. The minimum Gasteiger partial charge on any atom is -0.546 e. The van der Waals surface area contributed by atoms with Crippen LogP contribution in [0.2, 0.25) is 0 Å². The fraction of sp³-hybridized carbons (Fsp3) is 0.214. The summed E-state index contributed by atoms with van der Waals surface area (Å²) in [5.41, 5.74) is 0. The molecule has 0 aliphatic heterocycles. The molecule has 1 atom stereocenters. The van der Waals surface area contributed by atoms with E-state index in [4.69, 9.17) is 4.74 Å². The summed E-state index contributed by atoms with van der Waals surface area (Å²) >= 11 is 0. The Labute approximate surface area is 128 Å². The second kappa shape index (κ2) is 6.78. The molecule has 0 spiro atoms. The van der Waals surface area contributed by atoms with E-state index in [0.717, 1.165) is 10.8 Å². The summed E-state index contributed by atoms with van der Waals surface area (Å²) in [6, 6.07) is 13.3. The summed E-state index contributed by atoms with van der Waals surface area (Å²) in [5, 5.41) is 12.8. The van der Waals surface area contributed by atoms with Gasteiger partial charge in [-0.1, -0.05) is 43.3 Å². The molecule has 0 N–H and O–H groups in total. The second-order valence-corrected chi connectivity index (χ2v) is 3.81. The first-order chi connectivity index (χ1) is 8.22. The van der Waals surface area contributed by atoms with Crippen LogP contribution in [-0.2, 0) is 4.79 Å². The van der Waals surface area contributed by atoms with Crippen LogP contribution < -0.4 is 39.4 Å². The number of aliphatic carboxylic acids is 1. The largest absolute Gasteiger partial charge is 1.00 e. The Kier molecular flexibility index (Phi) is 5.66. The van der Waals surface area contributed by atoms with Crippen LogP contribution in [-0.4, -0.2) is 12.1 Å². The minimum absolute atomic E-state index is 0. The van der Waals surface area contributed by atoms with Crippen molar-refractivity contribution in [2.45, 2.75) is 19.4 Å². The van der Waals surface area contributed by atoms with Gasteiger partial charge in [0.1, 0.15) is 11.9 Å². The maximum absolute atomic E-state index is 10.8. The first kappa shape index (κ1) is 15.0. The Balaban J connectivity index is 0.00000162. The number of rotatable bonds is 4. The zero-order valence-electron chi connectivity index (χ0n) is 10.6. The predicted molar refractivity (Wildman–Crippen MR) is 63.7 cm³/mol. The monoisotopic (exact) mass is 252 g/mol. The summed E-state index contributed by atoms with van der Waals surface area (Å²) < 4.78 is 5.48. The SMILES string of the molecule is CC[C@H](Oc1cccc2ccccc12)C(=O)[O-].[Na+]. The summed E-state index contributed by atoms with van der Waals surface area (Å²) in [5.74, 6) is -0.598. The molecule has 0 aliphatic rings. The molecule has 0 heterocycles. The molecule has 3 nitrogen and oxygen atoms in total. The van der Waals surface area contributed by atoms with Gasteiger partial charge < -0.3 is 14.6 Å². The van der Waals surface area contributed by atoms with Crippen LogP contribution in [0.15, 0.2) is 42.5 Å². The van der Waals surface area contributed by atoms with E-state index in [-0.39, 0.29) is 29.6 Å². The van der Waals surface area contributed by atoms with Crippen LogP contribution in [0.1, 0.15) is 13.3 Å². The van der Waals surface area contributed by atoms with Crippen LogP contribution in [0.4, 0.5) is 0 Å². The van der Waals surface area contributed by atoms with Crippen molar-refractivity contribution in [3.05, 3.63) is 42.5 Å². The van der Waals surface area contributed by atoms with E-state index in [1.807, 2.05) is 36.4 Å². The fourth-order valence-corrected chi connectivity index (χ4v) is 1.75. The summed E-state index contributed by atoms with van der Waals surface area (Å²) in [7, 11) is 0. The number of hydrogen-bond acceptors (Lipinski definition) is 3. The third kappa shape index (κ3) is 3.25. The van der Waals surface area contributed by atoms with Gasteiger partial charge in [-0.2, -0.15) is 0 Å². The molecule has 0 amide bonds. The van der Waals surface area contributed by atoms with Gasteiger partial charge >= 0.3 is 29.6 Å². The Morgan fingerprint density at radius 2 is 1.89 bits per heavy atom. The van der Waals surface area contributed by atoms with Crippen LogP contribution in [0.3, 0.4) is 0 Å². The normalized spacial score (nSPS) is 11.6.